The highest BCUT2D eigenvalue weighted by atomic mass is 19.1. The summed E-state index contributed by atoms with van der Waals surface area (Å²) in [7, 11) is 0. The molecule has 1 aliphatic rings. The molecule has 0 aliphatic carbocycles. The molecule has 35 heavy (non-hydrogen) atoms. The number of halogens is 1. The van der Waals surface area contributed by atoms with Gasteiger partial charge >= 0.3 is 5.69 Å². The molecule has 3 aromatic rings. The van der Waals surface area contributed by atoms with Gasteiger partial charge in [0.05, 0.1) is 0 Å². The Bertz CT molecular complexity index is 1360. The molecule has 1 aromatic heterocycles. The smallest absolute Gasteiger partial charge is 0.330 e. The maximum absolute atomic E-state index is 16.0. The van der Waals surface area contributed by atoms with Crippen molar-refractivity contribution in [1.29, 1.82) is 0 Å². The van der Waals surface area contributed by atoms with Gasteiger partial charge in [0.2, 0.25) is 0 Å². The third kappa shape index (κ3) is 4.16. The van der Waals surface area contributed by atoms with Gasteiger partial charge in [-0.15, -0.1) is 0 Å². The quantitative estimate of drug-likeness (QED) is 0.430. The molecule has 0 bridgehead atoms. The number of Topliss-reactive ketones (excluding diaryl/α,β-unsaturated/α-hetero) is 2. The zero-order chi connectivity index (χ0) is 25.3. The Hall–Kier alpha value is -3.73. The maximum Gasteiger partial charge on any atom is 0.330 e. The summed E-state index contributed by atoms with van der Waals surface area (Å²) in [5.74, 6) is -2.04. The van der Waals surface area contributed by atoms with E-state index in [1.165, 1.54) is 36.4 Å². The normalized spacial score (nSPS) is 24.7. The Labute approximate surface area is 198 Å². The Kier molecular flexibility index (Phi) is 6.62. The molecule has 1 aliphatic heterocycles. The average molecular weight is 482 g/mol. The predicted octanol–water partition coefficient (Wildman–Crippen LogP) is 1.19. The minimum Gasteiger partial charge on any atom is -0.382 e. The lowest BCUT2D eigenvalue weighted by Gasteiger charge is -2.30. The highest BCUT2D eigenvalue weighted by Gasteiger charge is 2.65. The van der Waals surface area contributed by atoms with E-state index in [-0.39, 0.29) is 23.1 Å². The van der Waals surface area contributed by atoms with Crippen LogP contribution in [0.5, 0.6) is 0 Å². The number of rotatable bonds is 7. The van der Waals surface area contributed by atoms with Gasteiger partial charge < -0.3 is 14.9 Å². The van der Waals surface area contributed by atoms with E-state index < -0.39 is 53.0 Å². The van der Waals surface area contributed by atoms with Crippen molar-refractivity contribution in [2.45, 2.75) is 43.6 Å². The van der Waals surface area contributed by atoms with Gasteiger partial charge in [-0.1, -0.05) is 67.6 Å². The highest BCUT2D eigenvalue weighted by molar-refractivity contribution is 6.05. The number of aryl methyl sites for hydroxylation is 1. The number of H-pyrrole nitrogens is 1. The predicted molar refractivity (Wildman–Crippen MR) is 122 cm³/mol. The molecule has 2 heterocycles. The fourth-order valence-corrected chi connectivity index (χ4v) is 4.17. The third-order valence-corrected chi connectivity index (χ3v) is 6.10. The number of ether oxygens (including phenoxy) is 1. The summed E-state index contributed by atoms with van der Waals surface area (Å²) in [6.45, 7) is 1.64. The molecular weight excluding hydrogens is 459 g/mol. The van der Waals surface area contributed by atoms with Crippen LogP contribution in [0.2, 0.25) is 0 Å². The highest BCUT2D eigenvalue weighted by Crippen LogP contribution is 2.43. The molecule has 2 aromatic carbocycles. The third-order valence-electron chi connectivity index (χ3n) is 6.10. The van der Waals surface area contributed by atoms with E-state index >= 15 is 4.39 Å². The second-order valence-electron chi connectivity index (χ2n) is 8.22. The SMILES string of the molecule is CCc1cn([C@@H]2O[C@H](C(O)C(=O)c3ccccc3)[C@](O)(C(=O)c3ccccc3)[C@H]2F)c(=O)[nH]c1=O. The van der Waals surface area contributed by atoms with Gasteiger partial charge in [-0.05, 0) is 6.42 Å². The van der Waals surface area contributed by atoms with Crippen LogP contribution in [0.4, 0.5) is 4.39 Å². The van der Waals surface area contributed by atoms with Crippen LogP contribution in [-0.2, 0) is 11.2 Å². The number of carbonyl (C=O) groups is 2. The van der Waals surface area contributed by atoms with Crippen LogP contribution in [0, 0.1) is 0 Å². The molecule has 1 fully saturated rings. The minimum atomic E-state index is -3.03. The molecule has 9 nitrogen and oxygen atoms in total. The number of nitrogens with one attached hydrogen (secondary N) is 1. The first-order valence-corrected chi connectivity index (χ1v) is 10.9. The van der Waals surface area contributed by atoms with Crippen molar-refractivity contribution in [3.63, 3.8) is 0 Å². The van der Waals surface area contributed by atoms with Gasteiger partial charge in [-0.3, -0.25) is 23.9 Å². The first-order valence-electron chi connectivity index (χ1n) is 10.9. The largest absolute Gasteiger partial charge is 0.382 e. The standard InChI is InChI=1S/C25H23FN2O7/c1-2-14-13-28(24(33)27-22(14)32)23-19(26)25(34,20(31)16-11-7-4-8-12-16)21(35-23)18(30)17(29)15-9-5-3-6-10-15/h3-13,18-19,21,23,30,34H,2H2,1H3,(H,27,32,33)/t18?,19-,21+,23+,25+/m0/s1. The van der Waals surface area contributed by atoms with Gasteiger partial charge in [-0.2, -0.15) is 0 Å². The van der Waals surface area contributed by atoms with Gasteiger partial charge in [0, 0.05) is 22.9 Å². The fourth-order valence-electron chi connectivity index (χ4n) is 4.17. The van der Waals surface area contributed by atoms with E-state index in [1.807, 2.05) is 4.98 Å². The molecule has 3 N–H and O–H groups in total. The number of hydrogen-bond donors (Lipinski definition) is 3. The van der Waals surface area contributed by atoms with Crippen LogP contribution < -0.4 is 11.2 Å². The van der Waals surface area contributed by atoms with Crippen molar-refractivity contribution in [3.05, 3.63) is 104 Å². The van der Waals surface area contributed by atoms with Gasteiger partial charge in [0.15, 0.2) is 29.6 Å². The Morgan fingerprint density at radius 3 is 2.23 bits per heavy atom. The first-order chi connectivity index (χ1) is 16.7. The Morgan fingerprint density at radius 2 is 1.66 bits per heavy atom. The number of aromatic amines is 1. The molecule has 0 radical (unpaired) electrons. The molecule has 182 valence electrons. The second-order valence-corrected chi connectivity index (χ2v) is 8.22. The number of benzene rings is 2. The van der Waals surface area contributed by atoms with Crippen LogP contribution in [0.1, 0.15) is 39.4 Å². The monoisotopic (exact) mass is 482 g/mol. The van der Waals surface area contributed by atoms with Crippen molar-refractivity contribution in [3.8, 4) is 0 Å². The zero-order valence-electron chi connectivity index (χ0n) is 18.6. The summed E-state index contributed by atoms with van der Waals surface area (Å²) >= 11 is 0. The second kappa shape index (κ2) is 9.49. The molecule has 0 amide bonds. The summed E-state index contributed by atoms with van der Waals surface area (Å²) in [5.41, 5.74) is -4.66. The Morgan fingerprint density at radius 1 is 1.09 bits per heavy atom. The van der Waals surface area contributed by atoms with Crippen LogP contribution >= 0.6 is 0 Å². The van der Waals surface area contributed by atoms with Crippen LogP contribution in [0.15, 0.2) is 76.4 Å². The maximum atomic E-state index is 16.0. The van der Waals surface area contributed by atoms with E-state index in [9.17, 15) is 29.4 Å². The molecule has 1 unspecified atom stereocenters. The number of ketones is 2. The molecular formula is C25H23FN2O7. The summed E-state index contributed by atoms with van der Waals surface area (Å²) in [6, 6.07) is 14.8. The number of aliphatic hydroxyl groups excluding tert-OH is 1. The number of carbonyl (C=O) groups excluding carboxylic acids is 2. The van der Waals surface area contributed by atoms with Gasteiger partial charge in [-0.25, -0.2) is 9.18 Å². The summed E-state index contributed by atoms with van der Waals surface area (Å²) in [4.78, 5) is 52.8. The van der Waals surface area contributed by atoms with E-state index in [1.54, 1.807) is 31.2 Å². The number of nitrogens with zero attached hydrogens (tertiary/aromatic N) is 1. The molecule has 0 saturated carbocycles. The van der Waals surface area contributed by atoms with Gasteiger partial charge in [0.25, 0.3) is 5.56 Å². The van der Waals surface area contributed by atoms with Gasteiger partial charge in [0.1, 0.15) is 12.2 Å². The molecule has 1 saturated heterocycles. The zero-order valence-corrected chi connectivity index (χ0v) is 18.6. The lowest BCUT2D eigenvalue weighted by atomic mass is 9.81. The van der Waals surface area contributed by atoms with Crippen molar-refractivity contribution in [2.75, 3.05) is 0 Å². The first kappa shape index (κ1) is 24.4. The summed E-state index contributed by atoms with van der Waals surface area (Å²) in [5, 5.41) is 22.4. The van der Waals surface area contributed by atoms with E-state index in [2.05, 4.69) is 0 Å². The van der Waals surface area contributed by atoms with E-state index in [0.29, 0.717) is 4.57 Å². The lowest BCUT2D eigenvalue weighted by molar-refractivity contribution is -0.0919. The Balaban J connectivity index is 1.83. The number of aliphatic hydroxyl groups is 2. The molecule has 0 spiro atoms. The number of aromatic nitrogens is 2. The average Bonchev–Trinajstić information content (AvgIpc) is 3.15. The fraction of sp³-hybridized carbons (Fsp3) is 0.280. The van der Waals surface area contributed by atoms with Crippen molar-refractivity contribution in [2.24, 2.45) is 0 Å². The summed E-state index contributed by atoms with van der Waals surface area (Å²) < 4.78 is 22.3. The number of alkyl halides is 1. The number of hydrogen-bond acceptors (Lipinski definition) is 7. The lowest BCUT2D eigenvalue weighted by Crippen LogP contribution is -2.58. The minimum absolute atomic E-state index is 0.0476. The van der Waals surface area contributed by atoms with Crippen LogP contribution in [0.3, 0.4) is 0 Å². The van der Waals surface area contributed by atoms with Crippen molar-refractivity contribution < 1.29 is 28.9 Å². The topological polar surface area (TPSA) is 139 Å². The molecule has 5 atom stereocenters. The van der Waals surface area contributed by atoms with Crippen molar-refractivity contribution in [1.82, 2.24) is 9.55 Å². The van der Waals surface area contributed by atoms with E-state index in [0.717, 1.165) is 6.20 Å². The molecule has 10 heteroatoms. The summed E-state index contributed by atoms with van der Waals surface area (Å²) in [6.07, 6.45) is -7.43. The molecule has 4 rings (SSSR count). The van der Waals surface area contributed by atoms with Crippen LogP contribution in [0.25, 0.3) is 0 Å². The van der Waals surface area contributed by atoms with Crippen LogP contribution in [-0.4, -0.2) is 55.3 Å². The van der Waals surface area contributed by atoms with E-state index in [4.69, 9.17) is 4.74 Å². The van der Waals surface area contributed by atoms with Crippen molar-refractivity contribution >= 4 is 11.6 Å².